The van der Waals surface area contributed by atoms with E-state index < -0.39 is 11.5 Å². The molecule has 0 saturated carbocycles. The molecule has 0 aliphatic carbocycles. The van der Waals surface area contributed by atoms with Gasteiger partial charge in [-0.2, -0.15) is 0 Å². The zero-order valence-corrected chi connectivity index (χ0v) is 17.5. The molecule has 0 unspecified atom stereocenters. The Hall–Kier alpha value is -2.87. The highest BCUT2D eigenvalue weighted by Gasteiger charge is 2.34. The zero-order valence-electron chi connectivity index (χ0n) is 16.7. The zero-order chi connectivity index (χ0) is 20.8. The molecule has 1 fully saturated rings. The average Bonchev–Trinajstić information content (AvgIpc) is 3.36. The number of nitrogens with one attached hydrogen (secondary N) is 1. The molecule has 1 aliphatic heterocycles. The summed E-state index contributed by atoms with van der Waals surface area (Å²) in [5.74, 6) is 0.186. The lowest BCUT2D eigenvalue weighted by Gasteiger charge is -2.28. The van der Waals surface area contributed by atoms with Crippen LogP contribution in [0, 0.1) is 0 Å². The summed E-state index contributed by atoms with van der Waals surface area (Å²) in [6.07, 6.45) is 1.58. The topological polar surface area (TPSA) is 101 Å². The number of hydrogen-bond donors (Lipinski definition) is 2. The fraction of sp³-hybridized carbons (Fsp3) is 0.381. The minimum atomic E-state index is -0.517. The van der Waals surface area contributed by atoms with Crippen LogP contribution in [0.1, 0.15) is 54.9 Å². The number of amides is 2. The first-order chi connectivity index (χ1) is 13.7. The van der Waals surface area contributed by atoms with Crippen molar-refractivity contribution in [2.45, 2.75) is 45.3 Å². The van der Waals surface area contributed by atoms with E-state index in [0.29, 0.717) is 23.4 Å². The van der Waals surface area contributed by atoms with Gasteiger partial charge in [-0.1, -0.05) is 6.07 Å². The minimum absolute atomic E-state index is 0.00848. The molecule has 0 spiro atoms. The Morgan fingerprint density at radius 2 is 2.07 bits per heavy atom. The number of carbonyl (C=O) groups excluding carboxylic acids is 2. The number of hydrogen-bond acceptors (Lipinski definition) is 5. The van der Waals surface area contributed by atoms with Gasteiger partial charge in [-0.05, 0) is 57.9 Å². The first kappa shape index (κ1) is 19.4. The summed E-state index contributed by atoms with van der Waals surface area (Å²) in [4.78, 5) is 36.0. The maximum absolute atomic E-state index is 12.6. The number of benzene rings is 1. The van der Waals surface area contributed by atoms with Gasteiger partial charge in [0.2, 0.25) is 0 Å². The molecule has 0 bridgehead atoms. The number of aromatic amines is 1. The Balaban J connectivity index is 1.61. The molecular weight excluding hydrogens is 388 g/mol. The highest BCUT2D eigenvalue weighted by atomic mass is 32.1. The van der Waals surface area contributed by atoms with Gasteiger partial charge in [0, 0.05) is 11.4 Å². The Kier molecular flexibility index (Phi) is 4.82. The third-order valence-corrected chi connectivity index (χ3v) is 6.04. The van der Waals surface area contributed by atoms with Gasteiger partial charge in [-0.15, -0.1) is 11.3 Å². The van der Waals surface area contributed by atoms with Crippen LogP contribution in [0.2, 0.25) is 0 Å². The third kappa shape index (κ3) is 3.85. The fourth-order valence-corrected chi connectivity index (χ4v) is 4.71. The van der Waals surface area contributed by atoms with Crippen molar-refractivity contribution in [3.05, 3.63) is 40.8 Å². The van der Waals surface area contributed by atoms with Gasteiger partial charge >= 0.3 is 6.09 Å². The number of ether oxygens (including phenoxy) is 1. The maximum atomic E-state index is 12.6. The predicted octanol–water partition coefficient (Wildman–Crippen LogP) is 4.46. The van der Waals surface area contributed by atoms with Crippen molar-refractivity contribution >= 4 is 34.4 Å². The summed E-state index contributed by atoms with van der Waals surface area (Å²) >= 11 is 1.59. The predicted molar refractivity (Wildman–Crippen MR) is 113 cm³/mol. The van der Waals surface area contributed by atoms with Crippen LogP contribution < -0.4 is 5.73 Å². The summed E-state index contributed by atoms with van der Waals surface area (Å²) in [7, 11) is 0. The molecule has 1 aromatic carbocycles. The molecule has 2 amide bonds. The average molecular weight is 413 g/mol. The van der Waals surface area contributed by atoms with Crippen molar-refractivity contribution < 1.29 is 14.3 Å². The number of likely N-dealkylation sites (tertiary alicyclic amines) is 1. The van der Waals surface area contributed by atoms with E-state index >= 15 is 0 Å². The molecule has 8 heteroatoms. The van der Waals surface area contributed by atoms with Gasteiger partial charge in [0.05, 0.1) is 22.0 Å². The number of thiophene rings is 1. The number of nitrogens with two attached hydrogens (primary N) is 1. The number of aromatic nitrogens is 2. The minimum Gasteiger partial charge on any atom is -0.444 e. The fourth-order valence-electron chi connectivity index (χ4n) is 3.61. The third-order valence-electron chi connectivity index (χ3n) is 4.85. The quantitative estimate of drug-likeness (QED) is 0.663. The first-order valence-corrected chi connectivity index (χ1v) is 10.4. The van der Waals surface area contributed by atoms with Gasteiger partial charge in [0.1, 0.15) is 16.9 Å². The van der Waals surface area contributed by atoms with Gasteiger partial charge in [-0.3, -0.25) is 4.79 Å². The van der Waals surface area contributed by atoms with E-state index in [1.807, 2.05) is 43.9 Å². The number of imidazole rings is 1. The Morgan fingerprint density at radius 1 is 1.28 bits per heavy atom. The molecule has 7 nitrogen and oxygen atoms in total. The second-order valence-corrected chi connectivity index (χ2v) is 9.30. The maximum Gasteiger partial charge on any atom is 0.410 e. The highest BCUT2D eigenvalue weighted by Crippen LogP contribution is 2.39. The summed E-state index contributed by atoms with van der Waals surface area (Å²) in [5, 5.41) is 0. The number of fused-ring (bicyclic) bond motifs is 1. The number of carbonyl (C=O) groups is 2. The molecule has 152 valence electrons. The van der Waals surface area contributed by atoms with E-state index in [0.717, 1.165) is 28.1 Å². The summed E-state index contributed by atoms with van der Waals surface area (Å²) in [6, 6.07) is 9.36. The molecule has 4 rings (SSSR count). The normalized spacial score (nSPS) is 17.1. The van der Waals surface area contributed by atoms with Crippen LogP contribution in [0.15, 0.2) is 30.3 Å². The molecule has 3 heterocycles. The van der Waals surface area contributed by atoms with Crippen LogP contribution >= 0.6 is 11.3 Å². The number of para-hydroxylation sites is 1. The molecule has 2 aromatic heterocycles. The van der Waals surface area contributed by atoms with Crippen molar-refractivity contribution in [1.82, 2.24) is 14.9 Å². The molecule has 3 aromatic rings. The van der Waals surface area contributed by atoms with Crippen LogP contribution in [0.5, 0.6) is 0 Å². The number of rotatable bonds is 3. The Morgan fingerprint density at radius 3 is 2.79 bits per heavy atom. The van der Waals surface area contributed by atoms with Crippen LogP contribution in [-0.2, 0) is 4.74 Å². The summed E-state index contributed by atoms with van der Waals surface area (Å²) < 4.78 is 5.57. The van der Waals surface area contributed by atoms with Gasteiger partial charge in [0.25, 0.3) is 5.91 Å². The van der Waals surface area contributed by atoms with Crippen LogP contribution in [0.4, 0.5) is 4.79 Å². The van der Waals surface area contributed by atoms with Crippen LogP contribution in [-0.4, -0.2) is 39.0 Å². The van der Waals surface area contributed by atoms with E-state index in [-0.39, 0.29) is 12.1 Å². The molecule has 3 N–H and O–H groups in total. The lowest BCUT2D eigenvalue weighted by molar-refractivity contribution is 0.0227. The van der Waals surface area contributed by atoms with Crippen molar-refractivity contribution in [2.75, 3.05) is 6.54 Å². The lowest BCUT2D eigenvalue weighted by Crippen LogP contribution is -2.36. The van der Waals surface area contributed by atoms with Crippen molar-refractivity contribution in [1.29, 1.82) is 0 Å². The number of primary amides is 1. The molecule has 0 radical (unpaired) electrons. The van der Waals surface area contributed by atoms with E-state index in [1.54, 1.807) is 23.5 Å². The molecule has 1 saturated heterocycles. The SMILES string of the molecule is CC(C)(C)OC(=O)N1CCC[C@@H]1c1ccc(-c2nc3c(C(N)=O)cccc3[nH]2)s1. The summed E-state index contributed by atoms with van der Waals surface area (Å²) in [6.45, 7) is 6.32. The van der Waals surface area contributed by atoms with Crippen molar-refractivity contribution in [3.63, 3.8) is 0 Å². The second kappa shape index (κ2) is 7.18. The second-order valence-electron chi connectivity index (χ2n) is 8.19. The van der Waals surface area contributed by atoms with E-state index in [4.69, 9.17) is 10.5 Å². The first-order valence-electron chi connectivity index (χ1n) is 9.61. The molecule has 29 heavy (non-hydrogen) atoms. The molecule has 1 atom stereocenters. The molecular formula is C21H24N4O3S. The van der Waals surface area contributed by atoms with Gasteiger partial charge < -0.3 is 20.4 Å². The van der Waals surface area contributed by atoms with E-state index in [1.165, 1.54) is 0 Å². The van der Waals surface area contributed by atoms with Gasteiger partial charge in [-0.25, -0.2) is 9.78 Å². The van der Waals surface area contributed by atoms with Crippen molar-refractivity contribution in [2.24, 2.45) is 5.73 Å². The van der Waals surface area contributed by atoms with Crippen LogP contribution in [0.3, 0.4) is 0 Å². The summed E-state index contributed by atoms with van der Waals surface area (Å²) in [5.41, 5.74) is 6.68. The largest absolute Gasteiger partial charge is 0.444 e. The highest BCUT2D eigenvalue weighted by molar-refractivity contribution is 7.15. The monoisotopic (exact) mass is 412 g/mol. The number of nitrogens with zero attached hydrogens (tertiary/aromatic N) is 2. The lowest BCUT2D eigenvalue weighted by atomic mass is 10.2. The number of H-pyrrole nitrogens is 1. The van der Waals surface area contributed by atoms with Crippen molar-refractivity contribution in [3.8, 4) is 10.7 Å². The smallest absolute Gasteiger partial charge is 0.410 e. The Labute approximate surface area is 172 Å². The molecule has 1 aliphatic rings. The Bertz CT molecular complexity index is 1080. The van der Waals surface area contributed by atoms with Crippen LogP contribution in [0.25, 0.3) is 21.7 Å². The van der Waals surface area contributed by atoms with E-state index in [9.17, 15) is 9.59 Å². The standard InChI is InChI=1S/C21H24N4O3S/c1-21(2,3)28-20(27)25-11-5-8-14(25)15-9-10-16(29-15)19-23-13-7-4-6-12(18(22)26)17(13)24-19/h4,6-7,9-10,14H,5,8,11H2,1-3H3,(H2,22,26)(H,23,24)/t14-/m1/s1. The van der Waals surface area contributed by atoms with Gasteiger partial charge in [0.15, 0.2) is 0 Å². The van der Waals surface area contributed by atoms with E-state index in [2.05, 4.69) is 9.97 Å².